The van der Waals surface area contributed by atoms with Crippen LogP contribution in [0.25, 0.3) is 0 Å². The number of ether oxygens (including phenoxy) is 1. The van der Waals surface area contributed by atoms with Gasteiger partial charge in [0.25, 0.3) is 0 Å². The fraction of sp³-hybridized carbons (Fsp3) is 0.750. The summed E-state index contributed by atoms with van der Waals surface area (Å²) in [6.07, 6.45) is 0.732. The summed E-state index contributed by atoms with van der Waals surface area (Å²) in [7, 11) is 1.55. The first kappa shape index (κ1) is 13.2. The molecule has 0 aliphatic rings. The number of hydrogen-bond acceptors (Lipinski definition) is 3. The number of halogens is 1. The van der Waals surface area contributed by atoms with Crippen LogP contribution in [-0.4, -0.2) is 37.6 Å². The molecule has 0 saturated heterocycles. The number of methoxy groups -OCH3 is 1. The minimum atomic E-state index is -0.542. The van der Waals surface area contributed by atoms with Gasteiger partial charge in [-0.25, -0.2) is 4.79 Å². The average molecular weight is 223 g/mol. The van der Waals surface area contributed by atoms with Crippen LogP contribution in [0.1, 0.15) is 13.3 Å². The van der Waals surface area contributed by atoms with Crippen molar-refractivity contribution in [1.82, 2.24) is 10.6 Å². The third kappa shape index (κ3) is 5.77. The van der Waals surface area contributed by atoms with Crippen LogP contribution in [0.2, 0.25) is 0 Å². The van der Waals surface area contributed by atoms with Gasteiger partial charge in [0.05, 0.1) is 12.6 Å². The Morgan fingerprint density at radius 2 is 2.14 bits per heavy atom. The van der Waals surface area contributed by atoms with Crippen molar-refractivity contribution in [3.63, 3.8) is 0 Å². The van der Waals surface area contributed by atoms with Crippen molar-refractivity contribution in [1.29, 1.82) is 0 Å². The van der Waals surface area contributed by atoms with Gasteiger partial charge < -0.3 is 10.1 Å². The summed E-state index contributed by atoms with van der Waals surface area (Å²) in [4.78, 5) is 21.8. The highest BCUT2D eigenvalue weighted by Crippen LogP contribution is 1.90. The maximum atomic E-state index is 11.1. The Bertz CT molecular complexity index is 199. The summed E-state index contributed by atoms with van der Waals surface area (Å²) >= 11 is 5.21. The molecule has 0 radical (unpaired) electrons. The summed E-state index contributed by atoms with van der Waals surface area (Å²) in [5, 5.41) is 4.65. The molecule has 0 saturated carbocycles. The van der Waals surface area contributed by atoms with Crippen molar-refractivity contribution in [2.24, 2.45) is 0 Å². The first-order valence-electron chi connectivity index (χ1n) is 4.29. The van der Waals surface area contributed by atoms with E-state index in [4.69, 9.17) is 16.3 Å². The van der Waals surface area contributed by atoms with Gasteiger partial charge in [0.2, 0.25) is 5.91 Å². The Balaban J connectivity index is 3.84. The van der Waals surface area contributed by atoms with Gasteiger partial charge in [-0.3, -0.25) is 10.1 Å². The van der Waals surface area contributed by atoms with E-state index < -0.39 is 11.9 Å². The largest absolute Gasteiger partial charge is 0.383 e. The van der Waals surface area contributed by atoms with Gasteiger partial charge >= 0.3 is 6.03 Å². The summed E-state index contributed by atoms with van der Waals surface area (Å²) in [6.45, 7) is 2.33. The van der Waals surface area contributed by atoms with Crippen molar-refractivity contribution in [2.75, 3.05) is 19.6 Å². The molecule has 0 aromatic heterocycles. The van der Waals surface area contributed by atoms with E-state index in [9.17, 15) is 9.59 Å². The zero-order valence-corrected chi connectivity index (χ0v) is 9.06. The maximum absolute atomic E-state index is 11.1. The first-order valence-corrected chi connectivity index (χ1v) is 4.82. The van der Waals surface area contributed by atoms with E-state index in [0.717, 1.165) is 6.42 Å². The molecule has 82 valence electrons. The molecule has 0 heterocycles. The normalized spacial score (nSPS) is 11.9. The second kappa shape index (κ2) is 7.58. The van der Waals surface area contributed by atoms with Gasteiger partial charge in [0, 0.05) is 7.11 Å². The van der Waals surface area contributed by atoms with Gasteiger partial charge in [0.1, 0.15) is 5.88 Å². The van der Waals surface area contributed by atoms with Crippen molar-refractivity contribution >= 4 is 23.5 Å². The number of rotatable bonds is 5. The second-order valence-electron chi connectivity index (χ2n) is 2.72. The summed E-state index contributed by atoms with van der Waals surface area (Å²) in [5.41, 5.74) is 0. The third-order valence-corrected chi connectivity index (χ3v) is 1.81. The van der Waals surface area contributed by atoms with E-state index in [1.165, 1.54) is 0 Å². The standard InChI is InChI=1S/C8H15ClN2O3/c1-3-6(5-14-2)10-8(13)11-7(12)4-9/h6H,3-5H2,1-2H3,(H2,10,11,12,13). The van der Waals surface area contributed by atoms with Crippen molar-refractivity contribution in [3.05, 3.63) is 0 Å². The van der Waals surface area contributed by atoms with Gasteiger partial charge in [-0.1, -0.05) is 6.92 Å². The highest BCUT2D eigenvalue weighted by atomic mass is 35.5. The maximum Gasteiger partial charge on any atom is 0.321 e. The highest BCUT2D eigenvalue weighted by Gasteiger charge is 2.11. The Morgan fingerprint density at radius 3 is 2.57 bits per heavy atom. The molecule has 0 aromatic rings. The number of nitrogens with one attached hydrogen (secondary N) is 2. The van der Waals surface area contributed by atoms with Gasteiger partial charge in [0.15, 0.2) is 0 Å². The first-order chi connectivity index (χ1) is 6.63. The molecule has 14 heavy (non-hydrogen) atoms. The van der Waals surface area contributed by atoms with Gasteiger partial charge in [-0.2, -0.15) is 0 Å². The topological polar surface area (TPSA) is 67.4 Å². The quantitative estimate of drug-likeness (QED) is 0.665. The molecule has 2 N–H and O–H groups in total. The van der Waals surface area contributed by atoms with Crippen LogP contribution in [0.15, 0.2) is 0 Å². The molecule has 0 rings (SSSR count). The fourth-order valence-corrected chi connectivity index (χ4v) is 0.911. The van der Waals surface area contributed by atoms with Crippen molar-refractivity contribution in [3.8, 4) is 0 Å². The number of carbonyl (C=O) groups is 2. The molecule has 0 fully saturated rings. The Kier molecular flexibility index (Phi) is 7.14. The predicted molar refractivity (Wildman–Crippen MR) is 53.3 cm³/mol. The molecule has 6 heteroatoms. The summed E-state index contributed by atoms with van der Waals surface area (Å²) in [5.74, 6) is -0.745. The van der Waals surface area contributed by atoms with Crippen LogP contribution in [-0.2, 0) is 9.53 Å². The second-order valence-corrected chi connectivity index (χ2v) is 2.98. The third-order valence-electron chi connectivity index (χ3n) is 1.57. The van der Waals surface area contributed by atoms with Gasteiger partial charge in [-0.15, -0.1) is 11.6 Å². The monoisotopic (exact) mass is 222 g/mol. The smallest absolute Gasteiger partial charge is 0.321 e. The highest BCUT2D eigenvalue weighted by molar-refractivity contribution is 6.28. The van der Waals surface area contributed by atoms with Crippen LogP contribution in [0.4, 0.5) is 4.79 Å². The minimum absolute atomic E-state index is 0.0943. The van der Waals surface area contributed by atoms with E-state index in [1.54, 1.807) is 7.11 Å². The molecule has 0 bridgehead atoms. The Hall–Kier alpha value is -0.810. The number of alkyl halides is 1. The lowest BCUT2D eigenvalue weighted by molar-refractivity contribution is -0.117. The van der Waals surface area contributed by atoms with Crippen molar-refractivity contribution in [2.45, 2.75) is 19.4 Å². The van der Waals surface area contributed by atoms with Crippen LogP contribution in [0.5, 0.6) is 0 Å². The lowest BCUT2D eigenvalue weighted by Crippen LogP contribution is -2.46. The zero-order chi connectivity index (χ0) is 11.0. The average Bonchev–Trinajstić information content (AvgIpc) is 2.16. The van der Waals surface area contributed by atoms with E-state index in [-0.39, 0.29) is 11.9 Å². The lowest BCUT2D eigenvalue weighted by atomic mass is 10.2. The fourth-order valence-electron chi connectivity index (χ4n) is 0.844. The molecule has 0 aliphatic heterocycles. The van der Waals surface area contributed by atoms with E-state index >= 15 is 0 Å². The molecule has 0 aliphatic carbocycles. The molecule has 0 spiro atoms. The van der Waals surface area contributed by atoms with Gasteiger partial charge in [-0.05, 0) is 6.42 Å². The lowest BCUT2D eigenvalue weighted by Gasteiger charge is -2.15. The van der Waals surface area contributed by atoms with E-state index in [2.05, 4.69) is 10.6 Å². The molecular weight excluding hydrogens is 208 g/mol. The molecule has 0 aromatic carbocycles. The molecule has 5 nitrogen and oxygen atoms in total. The molecule has 1 atom stereocenters. The van der Waals surface area contributed by atoms with Crippen molar-refractivity contribution < 1.29 is 14.3 Å². The Morgan fingerprint density at radius 1 is 1.50 bits per heavy atom. The van der Waals surface area contributed by atoms with Crippen LogP contribution in [0, 0.1) is 0 Å². The number of carbonyl (C=O) groups excluding carboxylic acids is 2. The molecule has 3 amide bonds. The number of imide groups is 1. The summed E-state index contributed by atoms with van der Waals surface area (Å²) in [6, 6.07) is -0.636. The predicted octanol–water partition coefficient (Wildman–Crippen LogP) is 0.476. The van der Waals surface area contributed by atoms with E-state index in [0.29, 0.717) is 6.61 Å². The Labute approximate surface area is 88.1 Å². The number of urea groups is 1. The van der Waals surface area contributed by atoms with Crippen LogP contribution >= 0.6 is 11.6 Å². The SMILES string of the molecule is CCC(COC)NC(=O)NC(=O)CCl. The van der Waals surface area contributed by atoms with Crippen LogP contribution in [0.3, 0.4) is 0 Å². The number of amides is 3. The molecular formula is C8H15ClN2O3. The number of hydrogen-bond donors (Lipinski definition) is 2. The minimum Gasteiger partial charge on any atom is -0.383 e. The summed E-state index contributed by atoms with van der Waals surface area (Å²) < 4.78 is 4.87. The van der Waals surface area contributed by atoms with Crippen LogP contribution < -0.4 is 10.6 Å². The zero-order valence-electron chi connectivity index (χ0n) is 8.30. The van der Waals surface area contributed by atoms with E-state index in [1.807, 2.05) is 6.92 Å². The molecule has 1 unspecified atom stereocenters.